The van der Waals surface area contributed by atoms with Crippen molar-refractivity contribution in [3.8, 4) is 0 Å². The number of esters is 1. The number of methoxy groups -OCH3 is 1. The van der Waals surface area contributed by atoms with Gasteiger partial charge in [0.1, 0.15) is 18.8 Å². The van der Waals surface area contributed by atoms with E-state index in [9.17, 15) is 4.79 Å². The SMILES string of the molecule is CCOCC(C)COCc1ccc(C2C(OCC3CCC4OCCN(CCCOC)C4C3)CNCC2OC(=O)CCCC(CON(O)O)ON(O)O)cc1. The molecule has 3 fully saturated rings. The van der Waals surface area contributed by atoms with Crippen molar-refractivity contribution >= 4 is 5.97 Å². The van der Waals surface area contributed by atoms with Gasteiger partial charge in [-0.25, -0.2) is 9.68 Å². The number of nitrogens with one attached hydrogen (secondary N) is 1. The van der Waals surface area contributed by atoms with Crippen LogP contribution in [0.3, 0.4) is 0 Å². The molecule has 1 aromatic carbocycles. The highest BCUT2D eigenvalue weighted by Gasteiger charge is 2.40. The molecule has 1 saturated carbocycles. The molecule has 2 aliphatic heterocycles. The highest BCUT2D eigenvalue weighted by atomic mass is 17.1. The molecule has 0 bridgehead atoms. The maximum absolute atomic E-state index is 13.2. The van der Waals surface area contributed by atoms with E-state index in [-0.39, 0.29) is 37.4 Å². The van der Waals surface area contributed by atoms with Gasteiger partial charge in [0.25, 0.3) is 0 Å². The Hall–Kier alpha value is -1.91. The molecule has 310 valence electrons. The van der Waals surface area contributed by atoms with Gasteiger partial charge in [0, 0.05) is 77.4 Å². The molecule has 8 atom stereocenters. The molecule has 17 nitrogen and oxygen atoms in total. The van der Waals surface area contributed by atoms with Gasteiger partial charge in [0.05, 0.1) is 49.4 Å². The Morgan fingerprint density at radius 2 is 1.80 bits per heavy atom. The molecule has 0 amide bonds. The average molecular weight is 773 g/mol. The summed E-state index contributed by atoms with van der Waals surface area (Å²) >= 11 is 0. The number of carbonyl (C=O) groups excluding carboxylic acids is 1. The van der Waals surface area contributed by atoms with Crippen LogP contribution in [-0.2, 0) is 49.5 Å². The predicted octanol–water partition coefficient (Wildman–Crippen LogP) is 3.33. The second-order valence-corrected chi connectivity index (χ2v) is 14.6. The van der Waals surface area contributed by atoms with E-state index in [1.165, 1.54) is 0 Å². The number of hydrogen-bond donors (Lipinski definition) is 5. The number of carbonyl (C=O) groups is 1. The monoisotopic (exact) mass is 772 g/mol. The number of fused-ring (bicyclic) bond motifs is 1. The fourth-order valence-electron chi connectivity index (χ4n) is 7.67. The van der Waals surface area contributed by atoms with Crippen LogP contribution in [0.25, 0.3) is 0 Å². The van der Waals surface area contributed by atoms with Crippen LogP contribution in [0.2, 0.25) is 0 Å². The number of hydrogen-bond acceptors (Lipinski definition) is 17. The van der Waals surface area contributed by atoms with E-state index in [4.69, 9.17) is 54.1 Å². The first-order valence-electron chi connectivity index (χ1n) is 19.4. The van der Waals surface area contributed by atoms with Crippen LogP contribution in [-0.4, -0.2) is 152 Å². The van der Waals surface area contributed by atoms with Gasteiger partial charge in [-0.2, -0.15) is 0 Å². The zero-order chi connectivity index (χ0) is 38.7. The lowest BCUT2D eigenvalue weighted by atomic mass is 9.82. The zero-order valence-electron chi connectivity index (χ0n) is 32.2. The maximum Gasteiger partial charge on any atom is 0.306 e. The van der Waals surface area contributed by atoms with Crippen molar-refractivity contribution in [1.82, 2.24) is 21.0 Å². The third-order valence-electron chi connectivity index (χ3n) is 10.3. The molecule has 17 heteroatoms. The minimum absolute atomic E-state index is 0.0129. The van der Waals surface area contributed by atoms with Gasteiger partial charge in [0.15, 0.2) is 0 Å². The first-order valence-corrected chi connectivity index (χ1v) is 19.4. The van der Waals surface area contributed by atoms with Gasteiger partial charge < -0.3 is 33.7 Å². The Bertz CT molecular complexity index is 1170. The Labute approximate surface area is 319 Å². The van der Waals surface area contributed by atoms with Crippen LogP contribution >= 0.6 is 0 Å². The number of ether oxygens (including phenoxy) is 6. The summed E-state index contributed by atoms with van der Waals surface area (Å²) in [6.07, 6.45) is 2.94. The van der Waals surface area contributed by atoms with Crippen LogP contribution in [0, 0.1) is 11.8 Å². The maximum atomic E-state index is 13.2. The summed E-state index contributed by atoms with van der Waals surface area (Å²) in [7, 11) is 1.74. The number of piperidine rings is 1. The molecule has 2 saturated heterocycles. The molecule has 2 heterocycles. The smallest absolute Gasteiger partial charge is 0.306 e. The number of nitrogens with zero attached hydrogens (tertiary/aromatic N) is 3. The third kappa shape index (κ3) is 15.6. The van der Waals surface area contributed by atoms with Gasteiger partial charge in [-0.05, 0) is 62.5 Å². The standard InChI is InChI=1S/C37H64N4O13/c1-4-48-22-27(2)23-49-24-28-9-12-30(13-10-28)37-34(51-25-29-11-14-33-32(19-29)39(16-18-50-33)15-6-17-47-3)20-38-21-35(37)53-36(42)8-5-7-31(54-41(45)46)26-52-40(43)44/h9-10,12-13,27,29,31-35,37-38,43-46H,4-8,11,14-26H2,1-3H3. The average Bonchev–Trinajstić information content (AvgIpc) is 3.15. The minimum atomic E-state index is -0.987. The van der Waals surface area contributed by atoms with Crippen LogP contribution in [0.5, 0.6) is 0 Å². The van der Waals surface area contributed by atoms with Crippen molar-refractivity contribution < 1.29 is 63.7 Å². The summed E-state index contributed by atoms with van der Waals surface area (Å²) in [5.74, 6) is 0.0169. The molecule has 4 rings (SSSR count). The van der Waals surface area contributed by atoms with Gasteiger partial charge in [0.2, 0.25) is 0 Å². The van der Waals surface area contributed by atoms with Crippen molar-refractivity contribution in [2.45, 2.75) is 102 Å². The van der Waals surface area contributed by atoms with E-state index >= 15 is 0 Å². The van der Waals surface area contributed by atoms with E-state index < -0.39 is 35.6 Å². The number of benzene rings is 1. The van der Waals surface area contributed by atoms with Gasteiger partial charge in [-0.1, -0.05) is 31.2 Å². The van der Waals surface area contributed by atoms with E-state index in [1.54, 1.807) is 7.11 Å². The molecule has 54 heavy (non-hydrogen) atoms. The van der Waals surface area contributed by atoms with Gasteiger partial charge in [-0.3, -0.25) is 30.5 Å². The molecule has 3 aliphatic rings. The molecule has 0 spiro atoms. The number of morpholine rings is 1. The van der Waals surface area contributed by atoms with E-state index in [1.807, 2.05) is 6.92 Å². The first-order chi connectivity index (χ1) is 26.2. The van der Waals surface area contributed by atoms with E-state index in [0.29, 0.717) is 64.0 Å². The molecule has 1 aliphatic carbocycles. The molecule has 8 unspecified atom stereocenters. The highest BCUT2D eigenvalue weighted by molar-refractivity contribution is 5.69. The lowest BCUT2D eigenvalue weighted by molar-refractivity contribution is -0.527. The Morgan fingerprint density at radius 1 is 1.02 bits per heavy atom. The van der Waals surface area contributed by atoms with Crippen molar-refractivity contribution in [1.29, 1.82) is 0 Å². The first kappa shape index (κ1) is 44.8. The summed E-state index contributed by atoms with van der Waals surface area (Å²) < 4.78 is 35.8. The quantitative estimate of drug-likeness (QED) is 0.0552. The Kier molecular flexibility index (Phi) is 20.5. The fraction of sp³-hybridized carbons (Fsp3) is 0.811. The van der Waals surface area contributed by atoms with Crippen LogP contribution in [0.1, 0.15) is 75.8 Å². The second-order valence-electron chi connectivity index (χ2n) is 14.6. The topological polar surface area (TPSA) is 194 Å². The summed E-state index contributed by atoms with van der Waals surface area (Å²) in [5.41, 5.74) is 2.05. The van der Waals surface area contributed by atoms with E-state index in [2.05, 4.69) is 46.2 Å². The number of rotatable bonds is 25. The Morgan fingerprint density at radius 3 is 2.54 bits per heavy atom. The Balaban J connectivity index is 1.39. The lowest BCUT2D eigenvalue weighted by Crippen LogP contribution is -2.55. The minimum Gasteiger partial charge on any atom is -0.460 e. The van der Waals surface area contributed by atoms with Crippen LogP contribution in [0.15, 0.2) is 24.3 Å². The summed E-state index contributed by atoms with van der Waals surface area (Å²) in [6.45, 7) is 11.2. The van der Waals surface area contributed by atoms with Gasteiger partial charge in [-0.15, -0.1) is 0 Å². The normalized spacial score (nSPS) is 26.2. The summed E-state index contributed by atoms with van der Waals surface area (Å²) in [4.78, 5) is 25.1. The third-order valence-corrected chi connectivity index (χ3v) is 10.3. The second kappa shape index (κ2) is 24.7. The van der Waals surface area contributed by atoms with Crippen LogP contribution < -0.4 is 5.32 Å². The fourth-order valence-corrected chi connectivity index (χ4v) is 7.67. The predicted molar refractivity (Wildman–Crippen MR) is 191 cm³/mol. The molecular formula is C37H64N4O13. The van der Waals surface area contributed by atoms with Crippen LogP contribution in [0.4, 0.5) is 0 Å². The molecule has 1 aromatic rings. The van der Waals surface area contributed by atoms with E-state index in [0.717, 1.165) is 63.1 Å². The summed E-state index contributed by atoms with van der Waals surface area (Å²) in [5, 5.41) is 38.2. The van der Waals surface area contributed by atoms with Crippen molar-refractivity contribution in [2.24, 2.45) is 11.8 Å². The molecule has 0 aromatic heterocycles. The molecule has 5 N–H and O–H groups in total. The lowest BCUT2D eigenvalue weighted by Gasteiger charge is -2.46. The largest absolute Gasteiger partial charge is 0.460 e. The molecular weight excluding hydrogens is 708 g/mol. The van der Waals surface area contributed by atoms with Gasteiger partial charge >= 0.3 is 5.97 Å². The van der Waals surface area contributed by atoms with Crippen molar-refractivity contribution in [3.63, 3.8) is 0 Å². The van der Waals surface area contributed by atoms with Crippen molar-refractivity contribution in [3.05, 3.63) is 35.4 Å². The highest BCUT2D eigenvalue weighted by Crippen LogP contribution is 2.35. The summed E-state index contributed by atoms with van der Waals surface area (Å²) in [6, 6.07) is 8.61. The van der Waals surface area contributed by atoms with Crippen molar-refractivity contribution in [2.75, 3.05) is 79.5 Å². The zero-order valence-corrected chi connectivity index (χ0v) is 32.2. The molecule has 0 radical (unpaired) electrons.